The van der Waals surface area contributed by atoms with Gasteiger partial charge in [0.1, 0.15) is 11.9 Å². The molecule has 0 aromatic heterocycles. The molecule has 2 nitrogen and oxygen atoms in total. The fraction of sp³-hybridized carbons (Fsp3) is 0.286. The highest BCUT2D eigenvalue weighted by molar-refractivity contribution is 5.88. The topological polar surface area (TPSA) is 29.5 Å². The molecule has 1 aliphatic rings. The summed E-state index contributed by atoms with van der Waals surface area (Å²) in [4.78, 5) is 0. The van der Waals surface area contributed by atoms with Gasteiger partial charge in [-0.1, -0.05) is 36.4 Å². The summed E-state index contributed by atoms with van der Waals surface area (Å²) in [5.74, 6) is 0.877. The standard InChI is InChI=1S/C14H14O2/c15-12-8-9-14(12)16-13-7-3-5-10-4-1-2-6-11(10)13/h1-7,12,14-15H,8-9H2/t12-,14-/m1/s1. The molecule has 0 bridgehead atoms. The van der Waals surface area contributed by atoms with Crippen molar-refractivity contribution in [2.24, 2.45) is 0 Å². The Labute approximate surface area is 94.5 Å². The minimum Gasteiger partial charge on any atom is -0.487 e. The van der Waals surface area contributed by atoms with Gasteiger partial charge in [0.2, 0.25) is 0 Å². The first-order valence-corrected chi connectivity index (χ1v) is 5.67. The quantitative estimate of drug-likeness (QED) is 0.833. The van der Waals surface area contributed by atoms with Crippen LogP contribution in [0.3, 0.4) is 0 Å². The first kappa shape index (κ1) is 9.67. The lowest BCUT2D eigenvalue weighted by Crippen LogP contribution is -2.41. The van der Waals surface area contributed by atoms with E-state index < -0.39 is 0 Å². The van der Waals surface area contributed by atoms with E-state index in [0.29, 0.717) is 0 Å². The number of aliphatic hydroxyl groups is 1. The zero-order valence-electron chi connectivity index (χ0n) is 8.97. The number of aliphatic hydroxyl groups excluding tert-OH is 1. The molecule has 0 radical (unpaired) electrons. The fourth-order valence-corrected chi connectivity index (χ4v) is 2.05. The summed E-state index contributed by atoms with van der Waals surface area (Å²) in [6.07, 6.45) is 1.49. The molecule has 0 spiro atoms. The van der Waals surface area contributed by atoms with Crippen LogP contribution in [0.4, 0.5) is 0 Å². The van der Waals surface area contributed by atoms with Gasteiger partial charge in [-0.2, -0.15) is 0 Å². The molecular formula is C14H14O2. The summed E-state index contributed by atoms with van der Waals surface area (Å²) in [6, 6.07) is 14.2. The average molecular weight is 214 g/mol. The van der Waals surface area contributed by atoms with Crippen LogP contribution in [0.5, 0.6) is 5.75 Å². The van der Waals surface area contributed by atoms with E-state index in [2.05, 4.69) is 18.2 Å². The second kappa shape index (κ2) is 3.80. The third-order valence-corrected chi connectivity index (χ3v) is 3.20. The highest BCUT2D eigenvalue weighted by Crippen LogP contribution is 2.30. The van der Waals surface area contributed by atoms with E-state index in [9.17, 15) is 5.11 Å². The van der Waals surface area contributed by atoms with Crippen LogP contribution >= 0.6 is 0 Å². The summed E-state index contributed by atoms with van der Waals surface area (Å²) in [6.45, 7) is 0. The molecule has 82 valence electrons. The molecule has 0 unspecified atom stereocenters. The number of rotatable bonds is 2. The molecule has 2 heteroatoms. The number of benzene rings is 2. The van der Waals surface area contributed by atoms with Gasteiger partial charge in [0.05, 0.1) is 6.10 Å². The molecule has 0 amide bonds. The Morgan fingerprint density at radius 3 is 2.56 bits per heavy atom. The third-order valence-electron chi connectivity index (χ3n) is 3.20. The summed E-state index contributed by atoms with van der Waals surface area (Å²) >= 11 is 0. The molecule has 2 aromatic carbocycles. The van der Waals surface area contributed by atoms with Gasteiger partial charge < -0.3 is 9.84 Å². The summed E-state index contributed by atoms with van der Waals surface area (Å²) in [7, 11) is 0. The molecule has 3 rings (SSSR count). The largest absolute Gasteiger partial charge is 0.487 e. The minimum absolute atomic E-state index is 0.0224. The van der Waals surface area contributed by atoms with Crippen LogP contribution in [0.25, 0.3) is 10.8 Å². The molecule has 1 N–H and O–H groups in total. The molecule has 2 atom stereocenters. The zero-order valence-corrected chi connectivity index (χ0v) is 8.97. The van der Waals surface area contributed by atoms with Gasteiger partial charge in [0.25, 0.3) is 0 Å². The van der Waals surface area contributed by atoms with Crippen LogP contribution in [0, 0.1) is 0 Å². The fourth-order valence-electron chi connectivity index (χ4n) is 2.05. The number of hydrogen-bond acceptors (Lipinski definition) is 2. The Hall–Kier alpha value is -1.54. The van der Waals surface area contributed by atoms with E-state index >= 15 is 0 Å². The van der Waals surface area contributed by atoms with Crippen LogP contribution in [0.2, 0.25) is 0 Å². The maximum Gasteiger partial charge on any atom is 0.127 e. The Morgan fingerprint density at radius 1 is 1.00 bits per heavy atom. The monoisotopic (exact) mass is 214 g/mol. The van der Waals surface area contributed by atoms with E-state index in [1.165, 1.54) is 5.39 Å². The maximum absolute atomic E-state index is 9.52. The lowest BCUT2D eigenvalue weighted by molar-refractivity contribution is -0.0354. The van der Waals surface area contributed by atoms with Gasteiger partial charge >= 0.3 is 0 Å². The maximum atomic E-state index is 9.52. The van der Waals surface area contributed by atoms with E-state index in [1.807, 2.05) is 24.3 Å². The van der Waals surface area contributed by atoms with Gasteiger partial charge in [-0.25, -0.2) is 0 Å². The van der Waals surface area contributed by atoms with Crippen LogP contribution in [-0.2, 0) is 0 Å². The lowest BCUT2D eigenvalue weighted by Gasteiger charge is -2.32. The predicted octanol–water partition coefficient (Wildman–Crippen LogP) is 2.74. The van der Waals surface area contributed by atoms with E-state index in [4.69, 9.17) is 4.74 Å². The van der Waals surface area contributed by atoms with Crippen molar-refractivity contribution in [1.82, 2.24) is 0 Å². The van der Waals surface area contributed by atoms with Crippen molar-refractivity contribution in [3.8, 4) is 5.75 Å². The third kappa shape index (κ3) is 1.55. The Balaban J connectivity index is 1.96. The lowest BCUT2D eigenvalue weighted by atomic mass is 9.92. The van der Waals surface area contributed by atoms with Gasteiger partial charge in [0.15, 0.2) is 0 Å². The van der Waals surface area contributed by atoms with Crippen molar-refractivity contribution in [3.63, 3.8) is 0 Å². The van der Waals surface area contributed by atoms with Gasteiger partial charge in [-0.05, 0) is 24.3 Å². The highest BCUT2D eigenvalue weighted by atomic mass is 16.5. The normalized spacial score (nSPS) is 24.1. The molecule has 1 saturated carbocycles. The average Bonchev–Trinajstić information content (AvgIpc) is 2.34. The number of hydrogen-bond donors (Lipinski definition) is 1. The first-order valence-electron chi connectivity index (χ1n) is 5.67. The van der Waals surface area contributed by atoms with Crippen LogP contribution in [0.1, 0.15) is 12.8 Å². The van der Waals surface area contributed by atoms with Crippen molar-refractivity contribution in [2.45, 2.75) is 25.0 Å². The van der Waals surface area contributed by atoms with Gasteiger partial charge in [-0.3, -0.25) is 0 Å². The number of fused-ring (bicyclic) bond motifs is 1. The summed E-state index contributed by atoms with van der Waals surface area (Å²) < 4.78 is 5.83. The predicted molar refractivity (Wildman–Crippen MR) is 63.6 cm³/mol. The SMILES string of the molecule is O[C@@H]1CC[C@H]1Oc1cccc2ccccc12. The van der Waals surface area contributed by atoms with E-state index in [1.54, 1.807) is 0 Å². The molecule has 0 heterocycles. The summed E-state index contributed by atoms with van der Waals surface area (Å²) in [5.41, 5.74) is 0. The molecule has 1 aliphatic carbocycles. The second-order valence-electron chi connectivity index (χ2n) is 4.28. The molecule has 0 aliphatic heterocycles. The summed E-state index contributed by atoms with van der Waals surface area (Å²) in [5, 5.41) is 11.8. The molecular weight excluding hydrogens is 200 g/mol. The Morgan fingerprint density at radius 2 is 1.81 bits per heavy atom. The van der Waals surface area contributed by atoms with E-state index in [0.717, 1.165) is 24.0 Å². The van der Waals surface area contributed by atoms with Crippen molar-refractivity contribution in [2.75, 3.05) is 0 Å². The molecule has 1 fully saturated rings. The first-order chi connectivity index (χ1) is 7.84. The van der Waals surface area contributed by atoms with Crippen molar-refractivity contribution in [3.05, 3.63) is 42.5 Å². The molecule has 2 aromatic rings. The van der Waals surface area contributed by atoms with Crippen molar-refractivity contribution in [1.29, 1.82) is 0 Å². The minimum atomic E-state index is -0.293. The van der Waals surface area contributed by atoms with Crippen molar-refractivity contribution >= 4 is 10.8 Å². The van der Waals surface area contributed by atoms with Gasteiger partial charge in [-0.15, -0.1) is 0 Å². The number of ether oxygens (including phenoxy) is 1. The second-order valence-corrected chi connectivity index (χ2v) is 4.28. The van der Waals surface area contributed by atoms with E-state index in [-0.39, 0.29) is 12.2 Å². The van der Waals surface area contributed by atoms with Crippen LogP contribution < -0.4 is 4.74 Å². The zero-order chi connectivity index (χ0) is 11.0. The highest BCUT2D eigenvalue weighted by Gasteiger charge is 2.30. The Kier molecular flexibility index (Phi) is 2.29. The van der Waals surface area contributed by atoms with Gasteiger partial charge in [0, 0.05) is 5.39 Å². The van der Waals surface area contributed by atoms with Crippen LogP contribution in [-0.4, -0.2) is 17.3 Å². The molecule has 0 saturated heterocycles. The Bertz CT molecular complexity index is 502. The smallest absolute Gasteiger partial charge is 0.127 e. The van der Waals surface area contributed by atoms with Crippen molar-refractivity contribution < 1.29 is 9.84 Å². The van der Waals surface area contributed by atoms with Crippen LogP contribution in [0.15, 0.2) is 42.5 Å². The molecule has 16 heavy (non-hydrogen) atoms.